The second kappa shape index (κ2) is 11.7. The van der Waals surface area contributed by atoms with Crippen molar-refractivity contribution in [1.82, 2.24) is 10.0 Å². The molecule has 0 spiro atoms. The zero-order valence-corrected chi connectivity index (χ0v) is 15.8. The molecule has 0 fully saturated rings. The maximum atomic E-state index is 9.67. The number of para-hydroxylation sites is 2. The zero-order valence-electron chi connectivity index (χ0n) is 15.0. The minimum absolute atomic E-state index is 0.0509. The quantitative estimate of drug-likeness (QED) is 0.683. The van der Waals surface area contributed by atoms with Gasteiger partial charge in [-0.1, -0.05) is 48.3 Å². The molecular weight excluding hydrogens is 377 g/mol. The number of ether oxygens (including phenoxy) is 2. The summed E-state index contributed by atoms with van der Waals surface area (Å²) in [5, 5.41) is 3.44. The Morgan fingerprint density at radius 1 is 1.00 bits per heavy atom. The molecule has 1 unspecified atom stereocenters. The molecule has 0 saturated carbocycles. The number of rotatable bonds is 7. The van der Waals surface area contributed by atoms with Crippen LogP contribution in [0.15, 0.2) is 48.5 Å². The number of nitrogens with one attached hydrogen (secondary N) is 2. The summed E-state index contributed by atoms with van der Waals surface area (Å²) >= 11 is 1.64. The summed E-state index contributed by atoms with van der Waals surface area (Å²) < 4.78 is 43.9. The van der Waals surface area contributed by atoms with E-state index in [2.05, 4.69) is 34.3 Å². The van der Waals surface area contributed by atoms with E-state index in [-0.39, 0.29) is 6.10 Å². The van der Waals surface area contributed by atoms with Crippen LogP contribution in [0.25, 0.3) is 0 Å². The molecular formula is C19H23F3N2O2S. The predicted octanol–water partition coefficient (Wildman–Crippen LogP) is 4.16. The van der Waals surface area contributed by atoms with Gasteiger partial charge in [-0.2, -0.15) is 13.2 Å². The van der Waals surface area contributed by atoms with Gasteiger partial charge in [-0.3, -0.25) is 4.72 Å². The lowest BCUT2D eigenvalue weighted by Crippen LogP contribution is -2.38. The molecule has 0 saturated heterocycles. The van der Waals surface area contributed by atoms with Crippen molar-refractivity contribution in [2.24, 2.45) is 0 Å². The number of fused-ring (bicyclic) bond motifs is 1. The topological polar surface area (TPSA) is 42.5 Å². The Morgan fingerprint density at radius 2 is 1.59 bits per heavy atom. The highest BCUT2D eigenvalue weighted by Gasteiger charge is 2.19. The molecule has 1 atom stereocenters. The second-order valence-corrected chi connectivity index (χ2v) is 6.41. The first-order chi connectivity index (χ1) is 13.1. The Kier molecular flexibility index (Phi) is 9.30. The van der Waals surface area contributed by atoms with Gasteiger partial charge in [-0.15, -0.1) is 0 Å². The lowest BCUT2D eigenvalue weighted by atomic mass is 10.1. The third-order valence-corrected chi connectivity index (χ3v) is 4.15. The highest BCUT2D eigenvalue weighted by atomic mass is 32.2. The van der Waals surface area contributed by atoms with Gasteiger partial charge in [-0.25, -0.2) is 0 Å². The van der Waals surface area contributed by atoms with Gasteiger partial charge in [0, 0.05) is 19.6 Å². The van der Waals surface area contributed by atoms with Crippen LogP contribution in [0.3, 0.4) is 0 Å². The second-order valence-electron chi connectivity index (χ2n) is 5.72. The summed E-state index contributed by atoms with van der Waals surface area (Å²) in [7, 11) is 0. The molecule has 1 aliphatic rings. The molecule has 3 rings (SSSR count). The van der Waals surface area contributed by atoms with Crippen LogP contribution in [-0.4, -0.2) is 32.2 Å². The van der Waals surface area contributed by atoms with Crippen LogP contribution in [0, 0.1) is 0 Å². The van der Waals surface area contributed by atoms with Gasteiger partial charge in [0.1, 0.15) is 12.7 Å². The third kappa shape index (κ3) is 8.11. The normalized spacial score (nSPS) is 15.2. The molecule has 1 heterocycles. The van der Waals surface area contributed by atoms with E-state index in [9.17, 15) is 13.2 Å². The van der Waals surface area contributed by atoms with Crippen molar-refractivity contribution in [2.75, 3.05) is 19.4 Å². The maximum absolute atomic E-state index is 9.67. The van der Waals surface area contributed by atoms with E-state index in [1.165, 1.54) is 11.1 Å². The molecule has 0 aliphatic carbocycles. The van der Waals surface area contributed by atoms with Gasteiger partial charge in [0.15, 0.2) is 11.5 Å². The van der Waals surface area contributed by atoms with Crippen LogP contribution in [0.4, 0.5) is 13.2 Å². The van der Waals surface area contributed by atoms with Crippen molar-refractivity contribution < 1.29 is 22.6 Å². The van der Waals surface area contributed by atoms with E-state index >= 15 is 0 Å². The van der Waals surface area contributed by atoms with Crippen LogP contribution in [0.2, 0.25) is 0 Å². The van der Waals surface area contributed by atoms with E-state index in [4.69, 9.17) is 9.47 Å². The largest absolute Gasteiger partial charge is 0.486 e. The van der Waals surface area contributed by atoms with Crippen molar-refractivity contribution in [3.05, 3.63) is 59.7 Å². The van der Waals surface area contributed by atoms with Gasteiger partial charge < -0.3 is 14.8 Å². The fourth-order valence-electron chi connectivity index (χ4n) is 2.47. The summed E-state index contributed by atoms with van der Waals surface area (Å²) in [4.78, 5) is 0. The lowest BCUT2D eigenvalue weighted by molar-refractivity contribution is 0.00819. The first-order valence-corrected chi connectivity index (χ1v) is 9.66. The minimum Gasteiger partial charge on any atom is -0.486 e. The summed E-state index contributed by atoms with van der Waals surface area (Å²) in [6.07, 6.45) is 2.09. The van der Waals surface area contributed by atoms with Crippen LogP contribution in [0.5, 0.6) is 11.5 Å². The fraction of sp³-hybridized carbons (Fsp3) is 0.368. The predicted molar refractivity (Wildman–Crippen MR) is 102 cm³/mol. The lowest BCUT2D eigenvalue weighted by Gasteiger charge is -2.26. The van der Waals surface area contributed by atoms with Gasteiger partial charge in [0.2, 0.25) is 0 Å². The number of halogens is 3. The summed E-state index contributed by atoms with van der Waals surface area (Å²) in [5.41, 5.74) is 2.57. The summed E-state index contributed by atoms with van der Waals surface area (Å²) in [6, 6.07) is 16.5. The van der Waals surface area contributed by atoms with Crippen molar-refractivity contribution >= 4 is 11.9 Å². The molecule has 2 aromatic carbocycles. The molecule has 0 bridgehead atoms. The van der Waals surface area contributed by atoms with Crippen molar-refractivity contribution in [3.8, 4) is 11.5 Å². The molecule has 0 aromatic heterocycles. The number of hydrogen-bond donors (Lipinski definition) is 2. The van der Waals surface area contributed by atoms with E-state index < -0.39 is 6.68 Å². The first kappa shape index (κ1) is 21.4. The number of hydrogen-bond acceptors (Lipinski definition) is 5. The zero-order chi connectivity index (χ0) is 19.5. The molecule has 1 aliphatic heterocycles. The smallest absolute Gasteiger partial charge is 0.379 e. The Hall–Kier alpha value is -1.90. The number of benzene rings is 2. The standard InChI is InChI=1S/C18H22N2O2S.CHF3/c1-23-20-11-15-8-6-14(7-9-15)10-19-12-16-13-21-17-4-2-3-5-18(17)22-16;2-1(3)4/h2-9,16,19-20H,10-13H2,1H3;1H. The molecule has 0 radical (unpaired) electrons. The molecule has 2 aromatic rings. The molecule has 4 nitrogen and oxygen atoms in total. The summed E-state index contributed by atoms with van der Waals surface area (Å²) in [5.74, 6) is 1.66. The first-order valence-electron chi connectivity index (χ1n) is 8.43. The van der Waals surface area contributed by atoms with Gasteiger partial charge >= 0.3 is 6.68 Å². The molecule has 148 valence electrons. The van der Waals surface area contributed by atoms with E-state index in [0.29, 0.717) is 6.61 Å². The maximum Gasteiger partial charge on any atom is 0.379 e. The molecule has 8 heteroatoms. The Labute approximate surface area is 161 Å². The minimum atomic E-state index is -3.67. The van der Waals surface area contributed by atoms with Crippen LogP contribution in [-0.2, 0) is 13.1 Å². The van der Waals surface area contributed by atoms with E-state index in [1.54, 1.807) is 11.9 Å². The SMILES string of the molecule is CSNCc1ccc(CNCC2COc3ccccc3O2)cc1.FC(F)F. The Bertz CT molecular complexity index is 672. The average molecular weight is 400 g/mol. The van der Waals surface area contributed by atoms with Crippen LogP contribution in [0.1, 0.15) is 11.1 Å². The van der Waals surface area contributed by atoms with Crippen molar-refractivity contribution in [2.45, 2.75) is 25.9 Å². The Morgan fingerprint density at radius 3 is 2.22 bits per heavy atom. The van der Waals surface area contributed by atoms with E-state index in [1.807, 2.05) is 30.5 Å². The Balaban J connectivity index is 0.000000596. The van der Waals surface area contributed by atoms with Crippen molar-refractivity contribution in [1.29, 1.82) is 0 Å². The monoisotopic (exact) mass is 400 g/mol. The fourth-order valence-corrected chi connectivity index (χ4v) is 2.78. The molecule has 0 amide bonds. The molecule has 2 N–H and O–H groups in total. The average Bonchev–Trinajstić information content (AvgIpc) is 2.67. The van der Waals surface area contributed by atoms with Crippen LogP contribution < -0.4 is 19.5 Å². The van der Waals surface area contributed by atoms with Gasteiger partial charge in [-0.05, 0) is 29.5 Å². The molecule has 27 heavy (non-hydrogen) atoms. The summed E-state index contributed by atoms with van der Waals surface area (Å²) in [6.45, 7) is -0.591. The van der Waals surface area contributed by atoms with Gasteiger partial charge in [0.05, 0.1) is 0 Å². The highest BCUT2D eigenvalue weighted by molar-refractivity contribution is 7.96. The van der Waals surface area contributed by atoms with Gasteiger partial charge in [0.25, 0.3) is 0 Å². The van der Waals surface area contributed by atoms with Crippen molar-refractivity contribution in [3.63, 3.8) is 0 Å². The number of alkyl halides is 3. The highest BCUT2D eigenvalue weighted by Crippen LogP contribution is 2.30. The third-order valence-electron chi connectivity index (χ3n) is 3.71. The van der Waals surface area contributed by atoms with E-state index in [0.717, 1.165) is 31.1 Å². The van der Waals surface area contributed by atoms with Crippen LogP contribution >= 0.6 is 11.9 Å².